The lowest BCUT2D eigenvalue weighted by Crippen LogP contribution is -2.02. The second-order valence-electron chi connectivity index (χ2n) is 5.40. The van der Waals surface area contributed by atoms with Crippen LogP contribution in [0.25, 0.3) is 0 Å². The Morgan fingerprint density at radius 1 is 1.26 bits per heavy atom. The fourth-order valence-electron chi connectivity index (χ4n) is 2.12. The molecule has 1 aromatic carbocycles. The van der Waals surface area contributed by atoms with Crippen LogP contribution in [0.5, 0.6) is 5.75 Å². The molecule has 0 heterocycles. The fraction of sp³-hybridized carbons (Fsp3) is 0.588. The van der Waals surface area contributed by atoms with E-state index in [1.165, 1.54) is 11.1 Å². The molecule has 104 valence electrons. The molecule has 2 nitrogen and oxygen atoms in total. The molecule has 0 aliphatic heterocycles. The summed E-state index contributed by atoms with van der Waals surface area (Å²) in [5, 5.41) is 8.68. The number of nitrogens with zero attached hydrogens (tertiary/aromatic N) is 1. The predicted molar refractivity (Wildman–Crippen MR) is 79.6 cm³/mol. The van der Waals surface area contributed by atoms with Gasteiger partial charge < -0.3 is 4.74 Å². The first-order chi connectivity index (χ1) is 9.10. The minimum absolute atomic E-state index is 0.428. The lowest BCUT2D eigenvalue weighted by Gasteiger charge is -2.18. The minimum atomic E-state index is 0.428. The number of hydrogen-bond acceptors (Lipinski definition) is 2. The van der Waals surface area contributed by atoms with Gasteiger partial charge in [-0.05, 0) is 41.9 Å². The molecule has 0 aromatic heterocycles. The van der Waals surface area contributed by atoms with Gasteiger partial charge in [0.05, 0.1) is 12.7 Å². The molecule has 1 unspecified atom stereocenters. The highest BCUT2D eigenvalue weighted by molar-refractivity contribution is 5.40. The van der Waals surface area contributed by atoms with Gasteiger partial charge in [0.25, 0.3) is 0 Å². The SMILES string of the molecule is CCCOc1ccc(C(C)CCC#N)cc1C(C)C. The van der Waals surface area contributed by atoms with Crippen LogP contribution in [-0.4, -0.2) is 6.61 Å². The van der Waals surface area contributed by atoms with E-state index in [0.717, 1.165) is 25.2 Å². The fourth-order valence-corrected chi connectivity index (χ4v) is 2.12. The van der Waals surface area contributed by atoms with Crippen LogP contribution in [0, 0.1) is 11.3 Å². The zero-order valence-corrected chi connectivity index (χ0v) is 12.6. The van der Waals surface area contributed by atoms with Gasteiger partial charge in [-0.15, -0.1) is 0 Å². The molecule has 0 spiro atoms. The summed E-state index contributed by atoms with van der Waals surface area (Å²) in [5.41, 5.74) is 2.58. The van der Waals surface area contributed by atoms with Gasteiger partial charge in [0.15, 0.2) is 0 Å². The molecule has 0 aliphatic carbocycles. The molecule has 0 saturated heterocycles. The summed E-state index contributed by atoms with van der Waals surface area (Å²) in [4.78, 5) is 0. The van der Waals surface area contributed by atoms with Crippen molar-refractivity contribution in [1.29, 1.82) is 5.26 Å². The highest BCUT2D eigenvalue weighted by Gasteiger charge is 2.12. The van der Waals surface area contributed by atoms with Gasteiger partial charge >= 0.3 is 0 Å². The summed E-state index contributed by atoms with van der Waals surface area (Å²) in [6.45, 7) is 9.45. The second kappa shape index (κ2) is 7.84. The number of benzene rings is 1. The third kappa shape index (κ3) is 4.59. The average Bonchev–Trinajstić information content (AvgIpc) is 2.42. The van der Waals surface area contributed by atoms with Gasteiger partial charge in [-0.1, -0.05) is 39.8 Å². The molecular weight excluding hydrogens is 234 g/mol. The first kappa shape index (κ1) is 15.6. The Morgan fingerprint density at radius 3 is 2.58 bits per heavy atom. The van der Waals surface area contributed by atoms with Crippen molar-refractivity contribution in [3.05, 3.63) is 29.3 Å². The van der Waals surface area contributed by atoms with Gasteiger partial charge in [0, 0.05) is 6.42 Å². The maximum Gasteiger partial charge on any atom is 0.122 e. The van der Waals surface area contributed by atoms with Gasteiger partial charge in [-0.25, -0.2) is 0 Å². The van der Waals surface area contributed by atoms with Gasteiger partial charge in [-0.2, -0.15) is 5.26 Å². The Morgan fingerprint density at radius 2 is 2.00 bits per heavy atom. The molecule has 1 rings (SSSR count). The molecule has 2 heteroatoms. The van der Waals surface area contributed by atoms with Crippen molar-refractivity contribution < 1.29 is 4.74 Å². The van der Waals surface area contributed by atoms with Crippen molar-refractivity contribution in [3.8, 4) is 11.8 Å². The van der Waals surface area contributed by atoms with Crippen molar-refractivity contribution in [1.82, 2.24) is 0 Å². The van der Waals surface area contributed by atoms with E-state index in [2.05, 4.69) is 52.0 Å². The van der Waals surface area contributed by atoms with E-state index in [-0.39, 0.29) is 0 Å². The van der Waals surface area contributed by atoms with Crippen LogP contribution >= 0.6 is 0 Å². The van der Waals surface area contributed by atoms with Gasteiger partial charge in [-0.3, -0.25) is 0 Å². The van der Waals surface area contributed by atoms with E-state index in [4.69, 9.17) is 10.00 Å². The lowest BCUT2D eigenvalue weighted by molar-refractivity contribution is 0.313. The molecule has 0 saturated carbocycles. The third-order valence-corrected chi connectivity index (χ3v) is 3.38. The van der Waals surface area contributed by atoms with Crippen molar-refractivity contribution in [2.45, 2.75) is 58.8 Å². The Labute approximate surface area is 117 Å². The molecule has 0 amide bonds. The molecule has 0 fully saturated rings. The van der Waals surface area contributed by atoms with Gasteiger partial charge in [0.1, 0.15) is 5.75 Å². The van der Waals surface area contributed by atoms with E-state index in [1.807, 2.05) is 0 Å². The van der Waals surface area contributed by atoms with Crippen molar-refractivity contribution in [2.24, 2.45) is 0 Å². The first-order valence-electron chi connectivity index (χ1n) is 7.23. The molecule has 0 radical (unpaired) electrons. The summed E-state index contributed by atoms with van der Waals surface area (Å²) in [7, 11) is 0. The molecule has 1 aromatic rings. The van der Waals surface area contributed by atoms with Crippen LogP contribution in [-0.2, 0) is 0 Å². The third-order valence-electron chi connectivity index (χ3n) is 3.38. The number of hydrogen-bond donors (Lipinski definition) is 0. The lowest BCUT2D eigenvalue weighted by atomic mass is 9.91. The molecule has 0 aliphatic rings. The summed E-state index contributed by atoms with van der Waals surface area (Å²) < 4.78 is 5.81. The number of ether oxygens (including phenoxy) is 1. The molecule has 1 atom stereocenters. The summed E-state index contributed by atoms with van der Waals surface area (Å²) in [6.07, 6.45) is 2.56. The zero-order valence-electron chi connectivity index (χ0n) is 12.6. The smallest absolute Gasteiger partial charge is 0.122 e. The van der Waals surface area contributed by atoms with Crippen LogP contribution in [0.1, 0.15) is 69.9 Å². The molecule has 19 heavy (non-hydrogen) atoms. The predicted octanol–water partition coefficient (Wildman–Crippen LogP) is 5.01. The largest absolute Gasteiger partial charge is 0.493 e. The van der Waals surface area contributed by atoms with E-state index in [1.54, 1.807) is 0 Å². The maximum atomic E-state index is 8.68. The Bertz CT molecular complexity index is 431. The summed E-state index contributed by atoms with van der Waals surface area (Å²) in [6, 6.07) is 8.69. The van der Waals surface area contributed by atoms with E-state index in [0.29, 0.717) is 18.3 Å². The van der Waals surface area contributed by atoms with Crippen LogP contribution in [0.2, 0.25) is 0 Å². The Hall–Kier alpha value is -1.49. The van der Waals surface area contributed by atoms with Gasteiger partial charge in [0.2, 0.25) is 0 Å². The molecule has 0 N–H and O–H groups in total. The van der Waals surface area contributed by atoms with E-state index in [9.17, 15) is 0 Å². The number of rotatable bonds is 7. The van der Waals surface area contributed by atoms with Crippen LogP contribution in [0.4, 0.5) is 0 Å². The standard InChI is InChI=1S/C17H25NO/c1-5-11-19-17-9-8-15(12-16(17)13(2)3)14(4)7-6-10-18/h8-9,12-14H,5-7,11H2,1-4H3. The average molecular weight is 259 g/mol. The monoisotopic (exact) mass is 259 g/mol. The topological polar surface area (TPSA) is 33.0 Å². The van der Waals surface area contributed by atoms with Crippen LogP contribution < -0.4 is 4.74 Å². The van der Waals surface area contributed by atoms with Crippen molar-refractivity contribution in [2.75, 3.05) is 6.61 Å². The first-order valence-corrected chi connectivity index (χ1v) is 7.23. The highest BCUT2D eigenvalue weighted by atomic mass is 16.5. The Kier molecular flexibility index (Phi) is 6.42. The zero-order chi connectivity index (χ0) is 14.3. The normalized spacial score (nSPS) is 12.2. The van der Waals surface area contributed by atoms with Crippen molar-refractivity contribution >= 4 is 0 Å². The second-order valence-corrected chi connectivity index (χ2v) is 5.40. The molecule has 0 bridgehead atoms. The van der Waals surface area contributed by atoms with E-state index < -0.39 is 0 Å². The van der Waals surface area contributed by atoms with Crippen LogP contribution in [0.15, 0.2) is 18.2 Å². The summed E-state index contributed by atoms with van der Waals surface area (Å²) >= 11 is 0. The molecular formula is C17H25NO. The van der Waals surface area contributed by atoms with Crippen molar-refractivity contribution in [3.63, 3.8) is 0 Å². The number of nitriles is 1. The quantitative estimate of drug-likeness (QED) is 0.690. The van der Waals surface area contributed by atoms with E-state index >= 15 is 0 Å². The Balaban J connectivity index is 2.92. The minimum Gasteiger partial charge on any atom is -0.493 e. The van der Waals surface area contributed by atoms with Crippen LogP contribution in [0.3, 0.4) is 0 Å². The highest BCUT2D eigenvalue weighted by Crippen LogP contribution is 2.31. The maximum absolute atomic E-state index is 8.68. The summed E-state index contributed by atoms with van der Waals surface area (Å²) in [5.74, 6) is 1.89.